The van der Waals surface area contributed by atoms with E-state index in [4.69, 9.17) is 0 Å². The molecule has 0 radical (unpaired) electrons. The average Bonchev–Trinajstić information content (AvgIpc) is 3.42. The van der Waals surface area contributed by atoms with Crippen LogP contribution in [0, 0.1) is 0 Å². The summed E-state index contributed by atoms with van der Waals surface area (Å²) in [5.41, 5.74) is 4.42. The maximum absolute atomic E-state index is 2.75. The van der Waals surface area contributed by atoms with E-state index < -0.39 is 0 Å². The first-order valence-corrected chi connectivity index (χ1v) is 20.9. The van der Waals surface area contributed by atoms with Crippen LogP contribution in [0.1, 0.15) is 197 Å². The van der Waals surface area contributed by atoms with Crippen molar-refractivity contribution >= 4 is 0 Å². The van der Waals surface area contributed by atoms with E-state index in [0.717, 1.165) is 25.9 Å². The van der Waals surface area contributed by atoms with Crippen LogP contribution in [0.3, 0.4) is 0 Å². The fourth-order valence-electron chi connectivity index (χ4n) is 7.52. The summed E-state index contributed by atoms with van der Waals surface area (Å²) < 4.78 is 5.41. The molecule has 2 aromatic carbocycles. The zero-order chi connectivity index (χ0) is 33.9. The van der Waals surface area contributed by atoms with E-state index in [0.29, 0.717) is 5.92 Å². The van der Waals surface area contributed by atoms with E-state index in [1.165, 1.54) is 170 Å². The monoisotopic (exact) mass is 656 g/mol. The summed E-state index contributed by atoms with van der Waals surface area (Å²) in [6.07, 6.45) is 36.9. The Labute approximate surface area is 298 Å². The van der Waals surface area contributed by atoms with Gasteiger partial charge in [-0.1, -0.05) is 203 Å². The predicted octanol–water partition coefficient (Wildman–Crippen LogP) is 13.7. The Morgan fingerprint density at radius 1 is 0.521 bits per heavy atom. The van der Waals surface area contributed by atoms with E-state index in [2.05, 4.69) is 96.8 Å². The lowest BCUT2D eigenvalue weighted by Gasteiger charge is -2.12. The van der Waals surface area contributed by atoms with Crippen molar-refractivity contribution < 1.29 is 4.57 Å². The quantitative estimate of drug-likeness (QED) is 0.0499. The van der Waals surface area contributed by atoms with E-state index >= 15 is 0 Å². The van der Waals surface area contributed by atoms with Crippen molar-refractivity contribution in [1.29, 1.82) is 0 Å². The molecule has 2 heteroatoms. The molecule has 0 fully saturated rings. The first kappa shape index (κ1) is 40.1. The number of imidazole rings is 1. The normalized spacial score (nSPS) is 12.1. The molecule has 2 nitrogen and oxygen atoms in total. The predicted molar refractivity (Wildman–Crippen MR) is 210 cm³/mol. The van der Waals surface area contributed by atoms with Gasteiger partial charge in [-0.15, -0.1) is 0 Å². The van der Waals surface area contributed by atoms with Gasteiger partial charge in [-0.25, -0.2) is 9.13 Å². The lowest BCUT2D eigenvalue weighted by molar-refractivity contribution is -0.710. The third kappa shape index (κ3) is 16.8. The largest absolute Gasteiger partial charge is 0.261 e. The molecule has 48 heavy (non-hydrogen) atoms. The van der Waals surface area contributed by atoms with E-state index in [1.54, 1.807) is 0 Å². The number of hydrogen-bond acceptors (Lipinski definition) is 0. The van der Waals surface area contributed by atoms with Gasteiger partial charge in [0.05, 0.1) is 19.5 Å². The second-order valence-corrected chi connectivity index (χ2v) is 15.0. The third-order valence-corrected chi connectivity index (χ3v) is 10.6. The van der Waals surface area contributed by atoms with E-state index in [-0.39, 0.29) is 0 Å². The van der Waals surface area contributed by atoms with Gasteiger partial charge in [0, 0.05) is 6.42 Å². The summed E-state index contributed by atoms with van der Waals surface area (Å²) in [5.74, 6) is 2.04. The Morgan fingerprint density at radius 3 is 1.46 bits per heavy atom. The van der Waals surface area contributed by atoms with Gasteiger partial charge in [0.15, 0.2) is 0 Å². The van der Waals surface area contributed by atoms with Gasteiger partial charge in [0.25, 0.3) is 5.82 Å². The molecule has 0 aliphatic carbocycles. The zero-order valence-corrected chi connectivity index (χ0v) is 31.9. The molecule has 1 heterocycles. The Hall–Kier alpha value is -2.35. The lowest BCUT2D eigenvalue weighted by atomic mass is 9.96. The number of aromatic nitrogens is 2. The van der Waals surface area contributed by atoms with Crippen molar-refractivity contribution in [2.24, 2.45) is 0 Å². The minimum Gasteiger partial charge on any atom is -0.234 e. The van der Waals surface area contributed by atoms with Crippen LogP contribution in [-0.4, -0.2) is 4.57 Å². The molecular weight excluding hydrogens is 581 g/mol. The fraction of sp³-hybridized carbons (Fsp3) is 0.674. The highest BCUT2D eigenvalue weighted by Crippen LogP contribution is 2.22. The van der Waals surface area contributed by atoms with Crippen LogP contribution in [0.15, 0.2) is 66.9 Å². The zero-order valence-electron chi connectivity index (χ0n) is 31.9. The molecule has 3 rings (SSSR count). The van der Waals surface area contributed by atoms with Crippen molar-refractivity contribution in [2.75, 3.05) is 0 Å². The third-order valence-electron chi connectivity index (χ3n) is 10.6. The highest BCUT2D eigenvalue weighted by Gasteiger charge is 2.25. The summed E-state index contributed by atoms with van der Waals surface area (Å²) in [4.78, 5) is 0. The summed E-state index contributed by atoms with van der Waals surface area (Å²) >= 11 is 0. The number of aryl methyl sites for hydroxylation is 1. The smallest absolute Gasteiger partial charge is 0.234 e. The van der Waals surface area contributed by atoms with Crippen LogP contribution in [0.4, 0.5) is 0 Å². The van der Waals surface area contributed by atoms with Gasteiger partial charge in [-0.2, -0.15) is 0 Å². The van der Waals surface area contributed by atoms with Crippen LogP contribution in [0.5, 0.6) is 0 Å². The second kappa shape index (κ2) is 26.5. The van der Waals surface area contributed by atoms with Crippen LogP contribution in [0.2, 0.25) is 0 Å². The Kier molecular flexibility index (Phi) is 22.1. The Morgan fingerprint density at radius 2 is 0.958 bits per heavy atom. The number of benzene rings is 2. The maximum Gasteiger partial charge on any atom is 0.261 e. The SMILES string of the molecule is CCCCCCCCCCCCCCC[n+]1c(CC(C)c2ccccc2)cn(CCCCCCCCCCCC)c1Cc1ccccc1. The minimum atomic E-state index is 0.516. The molecule has 3 aromatic rings. The Bertz CT molecular complexity index is 1150. The van der Waals surface area contributed by atoms with Gasteiger partial charge in [-0.05, 0) is 42.7 Å². The molecular formula is C46H75N2+. The summed E-state index contributed by atoms with van der Waals surface area (Å²) in [6.45, 7) is 9.34. The molecule has 0 bridgehead atoms. The molecule has 1 unspecified atom stereocenters. The van der Waals surface area contributed by atoms with Gasteiger partial charge in [0.1, 0.15) is 11.9 Å². The second-order valence-electron chi connectivity index (χ2n) is 15.0. The van der Waals surface area contributed by atoms with E-state index in [9.17, 15) is 0 Å². The van der Waals surface area contributed by atoms with E-state index in [1.807, 2.05) is 0 Å². The molecule has 268 valence electrons. The molecule has 1 atom stereocenters. The summed E-state index contributed by atoms with van der Waals surface area (Å²) in [6, 6.07) is 22.4. The van der Waals surface area contributed by atoms with Gasteiger partial charge in [-0.3, -0.25) is 0 Å². The molecule has 0 amide bonds. The van der Waals surface area contributed by atoms with Gasteiger partial charge >= 0.3 is 0 Å². The first-order valence-electron chi connectivity index (χ1n) is 20.9. The Balaban J connectivity index is 1.58. The summed E-state index contributed by atoms with van der Waals surface area (Å²) in [7, 11) is 0. The molecule has 0 aliphatic heterocycles. The number of unbranched alkanes of at least 4 members (excludes halogenated alkanes) is 21. The van der Waals surface area contributed by atoms with Gasteiger partial charge in [0.2, 0.25) is 0 Å². The summed E-state index contributed by atoms with van der Waals surface area (Å²) in [5, 5.41) is 0. The van der Waals surface area contributed by atoms with Crippen LogP contribution >= 0.6 is 0 Å². The first-order chi connectivity index (χ1) is 23.7. The standard InChI is InChI=1S/C46H75N2/c1-4-6-8-10-12-14-16-17-18-20-22-24-32-38-48-45(39-42(3)44-35-29-26-30-36-44)41-47(46(48)40-43-33-27-25-28-34-43)37-31-23-21-19-15-13-11-9-7-5-2/h25-30,33-36,41-42H,4-24,31-32,37-40H2,1-3H3/q+1. The van der Waals surface area contributed by atoms with Crippen molar-refractivity contribution in [3.63, 3.8) is 0 Å². The van der Waals surface area contributed by atoms with Crippen molar-refractivity contribution in [3.8, 4) is 0 Å². The molecule has 1 aromatic heterocycles. The van der Waals surface area contributed by atoms with Crippen LogP contribution in [0.25, 0.3) is 0 Å². The minimum absolute atomic E-state index is 0.516. The van der Waals surface area contributed by atoms with Crippen molar-refractivity contribution in [3.05, 3.63) is 89.5 Å². The van der Waals surface area contributed by atoms with Crippen LogP contribution in [-0.2, 0) is 25.9 Å². The maximum atomic E-state index is 2.75. The highest BCUT2D eigenvalue weighted by atomic mass is 15.2. The van der Waals surface area contributed by atoms with Crippen molar-refractivity contribution in [2.45, 2.75) is 200 Å². The molecule has 0 aliphatic rings. The molecule has 0 saturated heterocycles. The molecule has 0 saturated carbocycles. The number of rotatable bonds is 30. The topological polar surface area (TPSA) is 8.81 Å². The number of nitrogens with zero attached hydrogens (tertiary/aromatic N) is 2. The lowest BCUT2D eigenvalue weighted by Crippen LogP contribution is -2.41. The average molecular weight is 656 g/mol. The molecule has 0 spiro atoms. The number of hydrogen-bond donors (Lipinski definition) is 0. The van der Waals surface area contributed by atoms with Crippen molar-refractivity contribution in [1.82, 2.24) is 4.57 Å². The fourth-order valence-corrected chi connectivity index (χ4v) is 7.52. The van der Waals surface area contributed by atoms with Gasteiger partial charge < -0.3 is 0 Å². The molecule has 0 N–H and O–H groups in total. The van der Waals surface area contributed by atoms with Crippen LogP contribution < -0.4 is 4.57 Å². The highest BCUT2D eigenvalue weighted by molar-refractivity contribution is 5.21.